The minimum Gasteiger partial charge on any atom is -0.371 e. The van der Waals surface area contributed by atoms with Crippen molar-refractivity contribution in [3.05, 3.63) is 89.5 Å². The van der Waals surface area contributed by atoms with E-state index in [2.05, 4.69) is 9.55 Å². The number of aromatic nitrogens is 2. The van der Waals surface area contributed by atoms with E-state index in [4.69, 9.17) is 16.3 Å². The fourth-order valence-electron chi connectivity index (χ4n) is 1.86. The Labute approximate surface area is 164 Å². The second kappa shape index (κ2) is 13.0. The van der Waals surface area contributed by atoms with Gasteiger partial charge in [-0.15, -0.1) is 0 Å². The van der Waals surface area contributed by atoms with Gasteiger partial charge in [0.2, 0.25) is 0 Å². The molecule has 3 nitrogen and oxygen atoms in total. The van der Waals surface area contributed by atoms with E-state index in [0.29, 0.717) is 6.10 Å². The summed E-state index contributed by atoms with van der Waals surface area (Å²) in [5.74, 6) is -0.00880. The van der Waals surface area contributed by atoms with Crippen LogP contribution in [0.2, 0.25) is 5.02 Å². The first-order chi connectivity index (χ1) is 13.0. The first-order valence-corrected chi connectivity index (χ1v) is 9.13. The highest BCUT2D eigenvalue weighted by molar-refractivity contribution is 6.30. The molecule has 2 aromatic carbocycles. The molecule has 1 aliphatic rings. The molecule has 1 aromatic heterocycles. The van der Waals surface area contributed by atoms with Crippen LogP contribution < -0.4 is 0 Å². The fraction of sp³-hybridized carbons (Fsp3) is 0.286. The van der Waals surface area contributed by atoms with Crippen LogP contribution in [0.1, 0.15) is 19.7 Å². The smallest absolute Gasteiger partial charge is 0.126 e. The molecule has 0 radical (unpaired) electrons. The van der Waals surface area contributed by atoms with E-state index in [1.165, 1.54) is 18.2 Å². The highest BCUT2D eigenvalue weighted by Gasteiger charge is 2.22. The van der Waals surface area contributed by atoms with Crippen LogP contribution in [0, 0.1) is 18.6 Å². The minimum atomic E-state index is -0.537. The third-order valence-corrected chi connectivity index (χ3v) is 3.50. The highest BCUT2D eigenvalue weighted by Crippen LogP contribution is 2.12. The maximum atomic E-state index is 11.9. The average molecular weight is 395 g/mol. The van der Waals surface area contributed by atoms with Crippen molar-refractivity contribution >= 4 is 11.6 Å². The maximum Gasteiger partial charge on any atom is 0.126 e. The number of imidazole rings is 1. The van der Waals surface area contributed by atoms with Gasteiger partial charge in [0.25, 0.3) is 0 Å². The Balaban J connectivity index is 0.000000197. The summed E-state index contributed by atoms with van der Waals surface area (Å²) >= 11 is 5.54. The Morgan fingerprint density at radius 1 is 1.07 bits per heavy atom. The van der Waals surface area contributed by atoms with Crippen molar-refractivity contribution in [2.75, 3.05) is 6.61 Å². The lowest BCUT2D eigenvalue weighted by Gasteiger charge is -1.99. The molecule has 6 heteroatoms. The molecular weight excluding hydrogens is 370 g/mol. The predicted molar refractivity (Wildman–Crippen MR) is 106 cm³/mol. The van der Waals surface area contributed by atoms with Crippen LogP contribution in [0.25, 0.3) is 0 Å². The Bertz CT molecular complexity index is 744. The number of hydrogen-bond donors (Lipinski definition) is 0. The van der Waals surface area contributed by atoms with Crippen molar-refractivity contribution in [2.45, 2.75) is 33.4 Å². The van der Waals surface area contributed by atoms with Crippen LogP contribution in [0.15, 0.2) is 67.0 Å². The van der Waals surface area contributed by atoms with E-state index in [9.17, 15) is 8.78 Å². The molecule has 27 heavy (non-hydrogen) atoms. The number of ether oxygens (including phenoxy) is 1. The average Bonchev–Trinajstić information content (AvgIpc) is 3.39. The summed E-state index contributed by atoms with van der Waals surface area (Å²) in [7, 11) is 0. The van der Waals surface area contributed by atoms with Crippen molar-refractivity contribution in [2.24, 2.45) is 0 Å². The number of epoxide rings is 1. The molecule has 0 bridgehead atoms. The van der Waals surface area contributed by atoms with Crippen molar-refractivity contribution in [3.8, 4) is 0 Å². The van der Waals surface area contributed by atoms with Crippen molar-refractivity contribution in [1.29, 1.82) is 0 Å². The maximum absolute atomic E-state index is 11.9. The largest absolute Gasteiger partial charge is 0.371 e. The summed E-state index contributed by atoms with van der Waals surface area (Å²) in [5.41, 5.74) is 0. The molecule has 0 aliphatic carbocycles. The lowest BCUT2D eigenvalue weighted by molar-refractivity contribution is 0.381. The van der Waals surface area contributed by atoms with E-state index in [1.54, 1.807) is 0 Å². The number of hydrogen-bond acceptors (Lipinski definition) is 2. The van der Waals surface area contributed by atoms with E-state index in [1.807, 2.05) is 63.5 Å². The lowest BCUT2D eigenvalue weighted by atomic mass is 10.3. The second-order valence-corrected chi connectivity index (χ2v) is 5.75. The van der Waals surface area contributed by atoms with Gasteiger partial charge in [-0.1, -0.05) is 49.7 Å². The molecule has 1 aliphatic heterocycles. The fourth-order valence-corrected chi connectivity index (χ4v) is 2.01. The van der Waals surface area contributed by atoms with Crippen LogP contribution in [0.3, 0.4) is 0 Å². The summed E-state index contributed by atoms with van der Waals surface area (Å²) in [5, 5.41) is 0.794. The van der Waals surface area contributed by atoms with E-state index >= 15 is 0 Å². The van der Waals surface area contributed by atoms with Crippen LogP contribution in [0.5, 0.6) is 0 Å². The summed E-state index contributed by atoms with van der Waals surface area (Å²) in [6, 6.07) is 14.0. The third-order valence-electron chi connectivity index (χ3n) is 3.25. The van der Waals surface area contributed by atoms with Crippen molar-refractivity contribution < 1.29 is 13.5 Å². The summed E-state index contributed by atoms with van der Waals surface area (Å²) in [6.07, 6.45) is 4.25. The molecule has 4 rings (SSSR count). The Morgan fingerprint density at radius 3 is 2.00 bits per heavy atom. The highest BCUT2D eigenvalue weighted by atomic mass is 35.5. The molecule has 0 N–H and O–H groups in total. The monoisotopic (exact) mass is 394 g/mol. The quantitative estimate of drug-likeness (QED) is 0.505. The number of aryl methyl sites for hydroxylation is 1. The molecule has 0 saturated carbocycles. The molecule has 2 heterocycles. The Kier molecular flexibility index (Phi) is 11.0. The molecule has 3 aromatic rings. The zero-order valence-corrected chi connectivity index (χ0v) is 16.5. The predicted octanol–water partition coefficient (Wildman–Crippen LogP) is 5.92. The van der Waals surface area contributed by atoms with E-state index < -0.39 is 11.6 Å². The van der Waals surface area contributed by atoms with Gasteiger partial charge < -0.3 is 9.30 Å². The molecule has 1 fully saturated rings. The minimum absolute atomic E-state index is 0.452. The van der Waals surface area contributed by atoms with Gasteiger partial charge in [-0.05, 0) is 31.2 Å². The second-order valence-electron chi connectivity index (χ2n) is 5.32. The molecule has 0 amide bonds. The molecule has 0 unspecified atom stereocenters. The molecule has 0 spiro atoms. The Morgan fingerprint density at radius 2 is 1.67 bits per heavy atom. The number of nitrogens with zero attached hydrogens (tertiary/aromatic N) is 2. The zero-order valence-electron chi connectivity index (χ0n) is 15.8. The number of benzene rings is 2. The normalized spacial score (nSPS) is 13.8. The Hall–Kier alpha value is -2.24. The van der Waals surface area contributed by atoms with Gasteiger partial charge in [0, 0.05) is 23.5 Å². The number of halogens is 3. The van der Waals surface area contributed by atoms with Gasteiger partial charge in [-0.25, -0.2) is 13.8 Å². The zero-order chi connectivity index (χ0) is 20.1. The summed E-state index contributed by atoms with van der Waals surface area (Å²) in [4.78, 5) is 4.10. The van der Waals surface area contributed by atoms with Crippen LogP contribution >= 0.6 is 11.6 Å². The van der Waals surface area contributed by atoms with Gasteiger partial charge in [-0.3, -0.25) is 0 Å². The molecule has 146 valence electrons. The standard InChI is InChI=1S/C7H10N2O.C6H5Cl.C6H4F2.C2H6/c1-6-8-2-3-9(6)4-7-5-10-7;7-6-4-2-1-3-5-6;7-5-2-1-3-6(8)4-5;1-2/h2-3,7H,4-5H2,1H3;1-5H;1-4H;1-2H3/t7-;;;/m1.../s1. The van der Waals surface area contributed by atoms with Crippen molar-refractivity contribution in [3.63, 3.8) is 0 Å². The lowest BCUT2D eigenvalue weighted by Crippen LogP contribution is -2.04. The van der Waals surface area contributed by atoms with E-state index in [0.717, 1.165) is 30.1 Å². The van der Waals surface area contributed by atoms with Crippen molar-refractivity contribution in [1.82, 2.24) is 9.55 Å². The summed E-state index contributed by atoms with van der Waals surface area (Å²) in [6.45, 7) is 7.88. The molecule has 1 atom stereocenters. The van der Waals surface area contributed by atoms with Crippen LogP contribution in [-0.2, 0) is 11.3 Å². The van der Waals surface area contributed by atoms with Crippen LogP contribution in [0.4, 0.5) is 8.78 Å². The van der Waals surface area contributed by atoms with Gasteiger partial charge in [0.05, 0.1) is 19.3 Å². The molecule has 1 saturated heterocycles. The SMILES string of the molecule is CC.Cc1nccn1C[C@@H]1CO1.Clc1ccccc1.Fc1cccc(F)c1. The van der Waals surface area contributed by atoms with Gasteiger partial charge in [-0.2, -0.15) is 0 Å². The topological polar surface area (TPSA) is 30.4 Å². The van der Waals surface area contributed by atoms with Gasteiger partial charge in [0.1, 0.15) is 17.5 Å². The van der Waals surface area contributed by atoms with Gasteiger partial charge in [0.15, 0.2) is 0 Å². The van der Waals surface area contributed by atoms with Crippen LogP contribution in [-0.4, -0.2) is 22.3 Å². The molecular formula is C21H25ClF2N2O. The first-order valence-electron chi connectivity index (χ1n) is 8.75. The first kappa shape index (κ1) is 22.8. The third kappa shape index (κ3) is 10.5. The summed E-state index contributed by atoms with van der Waals surface area (Å²) < 4.78 is 31.1. The van der Waals surface area contributed by atoms with E-state index in [-0.39, 0.29) is 0 Å². The van der Waals surface area contributed by atoms with Gasteiger partial charge >= 0.3 is 0 Å². The number of rotatable bonds is 2.